The van der Waals surface area contributed by atoms with Crippen LogP contribution in [0.1, 0.15) is 63.5 Å². The third kappa shape index (κ3) is 4.34. The Balaban J connectivity index is 1.81. The molecule has 1 fully saturated rings. The predicted octanol–water partition coefficient (Wildman–Crippen LogP) is 4.73. The van der Waals surface area contributed by atoms with E-state index in [0.717, 1.165) is 24.7 Å². The van der Waals surface area contributed by atoms with Gasteiger partial charge in [0.05, 0.1) is 0 Å². The van der Waals surface area contributed by atoms with Crippen molar-refractivity contribution in [2.45, 2.75) is 71.3 Å². The normalized spacial score (nSPS) is 24.6. The number of nitrogens with two attached hydrogens (primary N) is 1. The molecule has 1 nitrogen and oxygen atoms in total. The lowest BCUT2D eigenvalue weighted by Gasteiger charge is -2.32. The van der Waals surface area contributed by atoms with Crippen LogP contribution in [0.3, 0.4) is 0 Å². The van der Waals surface area contributed by atoms with E-state index in [0.29, 0.717) is 6.04 Å². The molecule has 1 heteroatoms. The summed E-state index contributed by atoms with van der Waals surface area (Å²) in [6, 6.07) is 9.38. The molecule has 1 aromatic carbocycles. The van der Waals surface area contributed by atoms with Gasteiger partial charge in [0, 0.05) is 6.04 Å². The lowest BCUT2D eigenvalue weighted by molar-refractivity contribution is 0.232. The van der Waals surface area contributed by atoms with E-state index < -0.39 is 0 Å². The maximum atomic E-state index is 6.47. The van der Waals surface area contributed by atoms with Gasteiger partial charge in [-0.3, -0.25) is 0 Å². The van der Waals surface area contributed by atoms with Gasteiger partial charge in [0.2, 0.25) is 0 Å². The van der Waals surface area contributed by atoms with E-state index >= 15 is 0 Å². The lowest BCUT2D eigenvalue weighted by atomic mass is 9.76. The Kier molecular flexibility index (Phi) is 6.09. The summed E-state index contributed by atoms with van der Waals surface area (Å²) in [5, 5.41) is 0. The first-order chi connectivity index (χ1) is 9.72. The molecule has 1 atom stereocenters. The first-order valence-corrected chi connectivity index (χ1v) is 8.56. The molecule has 0 saturated heterocycles. The van der Waals surface area contributed by atoms with Gasteiger partial charge in [-0.2, -0.15) is 0 Å². The van der Waals surface area contributed by atoms with Crippen LogP contribution < -0.4 is 5.73 Å². The third-order valence-electron chi connectivity index (χ3n) is 5.10. The monoisotopic (exact) mass is 273 g/mol. The van der Waals surface area contributed by atoms with Crippen LogP contribution in [0.5, 0.6) is 0 Å². The van der Waals surface area contributed by atoms with E-state index in [1.165, 1.54) is 49.7 Å². The number of benzene rings is 1. The molecule has 112 valence electrons. The van der Waals surface area contributed by atoms with Crippen molar-refractivity contribution in [1.29, 1.82) is 0 Å². The zero-order valence-electron chi connectivity index (χ0n) is 13.3. The van der Waals surface area contributed by atoms with Crippen molar-refractivity contribution < 1.29 is 0 Å². The van der Waals surface area contributed by atoms with Crippen molar-refractivity contribution in [2.75, 3.05) is 0 Å². The Morgan fingerprint density at radius 1 is 1.00 bits per heavy atom. The Labute approximate surface area is 125 Å². The average Bonchev–Trinajstić information content (AvgIpc) is 2.49. The minimum Gasteiger partial charge on any atom is -0.327 e. The molecule has 0 spiro atoms. The van der Waals surface area contributed by atoms with Crippen molar-refractivity contribution in [3.8, 4) is 0 Å². The SMILES string of the molecule is CCCC1CCC(C(N)Cc2ccc(CC)cc2)CC1. The van der Waals surface area contributed by atoms with Gasteiger partial charge >= 0.3 is 0 Å². The average molecular weight is 273 g/mol. The van der Waals surface area contributed by atoms with Crippen molar-refractivity contribution >= 4 is 0 Å². The highest BCUT2D eigenvalue weighted by atomic mass is 14.6. The number of rotatable bonds is 6. The molecule has 1 aliphatic carbocycles. The molecule has 0 radical (unpaired) electrons. The smallest absolute Gasteiger partial charge is 0.0108 e. The Hall–Kier alpha value is -0.820. The van der Waals surface area contributed by atoms with E-state index in [1.54, 1.807) is 0 Å². The van der Waals surface area contributed by atoms with Gasteiger partial charge in [-0.1, -0.05) is 63.8 Å². The maximum Gasteiger partial charge on any atom is 0.0108 e. The highest BCUT2D eigenvalue weighted by molar-refractivity contribution is 5.23. The largest absolute Gasteiger partial charge is 0.327 e. The molecule has 0 aromatic heterocycles. The molecular formula is C19H31N. The van der Waals surface area contributed by atoms with Crippen LogP contribution in [-0.2, 0) is 12.8 Å². The molecule has 1 saturated carbocycles. The Morgan fingerprint density at radius 2 is 1.60 bits per heavy atom. The molecular weight excluding hydrogens is 242 g/mol. The minimum absolute atomic E-state index is 0.352. The summed E-state index contributed by atoms with van der Waals surface area (Å²) in [6.07, 6.45) is 10.4. The van der Waals surface area contributed by atoms with Crippen LogP contribution in [0.4, 0.5) is 0 Å². The summed E-state index contributed by atoms with van der Waals surface area (Å²) in [7, 11) is 0. The van der Waals surface area contributed by atoms with Crippen LogP contribution in [-0.4, -0.2) is 6.04 Å². The second-order valence-electron chi connectivity index (χ2n) is 6.61. The summed E-state index contributed by atoms with van der Waals surface area (Å²) < 4.78 is 0. The molecule has 0 heterocycles. The number of aryl methyl sites for hydroxylation is 1. The Morgan fingerprint density at radius 3 is 2.15 bits per heavy atom. The van der Waals surface area contributed by atoms with Crippen LogP contribution in [0.25, 0.3) is 0 Å². The fourth-order valence-corrected chi connectivity index (χ4v) is 3.66. The van der Waals surface area contributed by atoms with E-state index in [2.05, 4.69) is 38.1 Å². The van der Waals surface area contributed by atoms with E-state index in [-0.39, 0.29) is 0 Å². The summed E-state index contributed by atoms with van der Waals surface area (Å²) in [4.78, 5) is 0. The fraction of sp³-hybridized carbons (Fsp3) is 0.684. The van der Waals surface area contributed by atoms with Crippen LogP contribution >= 0.6 is 0 Å². The first kappa shape index (κ1) is 15.6. The van der Waals surface area contributed by atoms with E-state index in [1.807, 2.05) is 0 Å². The van der Waals surface area contributed by atoms with Gasteiger partial charge in [-0.25, -0.2) is 0 Å². The van der Waals surface area contributed by atoms with Gasteiger partial charge < -0.3 is 5.73 Å². The fourth-order valence-electron chi connectivity index (χ4n) is 3.66. The maximum absolute atomic E-state index is 6.47. The standard InChI is InChI=1S/C19H31N/c1-3-5-16-10-12-18(13-11-16)19(20)14-17-8-6-15(4-2)7-9-17/h6-9,16,18-19H,3-5,10-14,20H2,1-2H3. The van der Waals surface area contributed by atoms with Crippen LogP contribution in [0.15, 0.2) is 24.3 Å². The number of hydrogen-bond donors (Lipinski definition) is 1. The lowest BCUT2D eigenvalue weighted by Crippen LogP contribution is -2.34. The topological polar surface area (TPSA) is 26.0 Å². The summed E-state index contributed by atoms with van der Waals surface area (Å²) in [5.74, 6) is 1.72. The molecule has 0 bridgehead atoms. The quantitative estimate of drug-likeness (QED) is 0.797. The first-order valence-electron chi connectivity index (χ1n) is 8.56. The molecule has 1 unspecified atom stereocenters. The highest BCUT2D eigenvalue weighted by Crippen LogP contribution is 2.33. The van der Waals surface area contributed by atoms with Gasteiger partial charge in [0.15, 0.2) is 0 Å². The second-order valence-corrected chi connectivity index (χ2v) is 6.61. The zero-order valence-corrected chi connectivity index (χ0v) is 13.3. The molecule has 2 rings (SSSR count). The van der Waals surface area contributed by atoms with Crippen LogP contribution in [0.2, 0.25) is 0 Å². The highest BCUT2D eigenvalue weighted by Gasteiger charge is 2.25. The van der Waals surface area contributed by atoms with E-state index in [9.17, 15) is 0 Å². The summed E-state index contributed by atoms with van der Waals surface area (Å²) in [6.45, 7) is 4.51. The van der Waals surface area contributed by atoms with Gasteiger partial charge in [0.25, 0.3) is 0 Å². The van der Waals surface area contributed by atoms with Gasteiger partial charge in [-0.05, 0) is 48.6 Å². The summed E-state index contributed by atoms with van der Waals surface area (Å²) in [5.41, 5.74) is 9.30. The number of hydrogen-bond acceptors (Lipinski definition) is 1. The molecule has 0 aliphatic heterocycles. The van der Waals surface area contributed by atoms with Crippen molar-refractivity contribution in [3.63, 3.8) is 0 Å². The molecule has 20 heavy (non-hydrogen) atoms. The molecule has 0 amide bonds. The molecule has 1 aliphatic rings. The zero-order chi connectivity index (χ0) is 14.4. The summed E-state index contributed by atoms with van der Waals surface area (Å²) >= 11 is 0. The van der Waals surface area contributed by atoms with Crippen molar-refractivity contribution in [1.82, 2.24) is 0 Å². The Bertz CT molecular complexity index is 373. The molecule has 2 N–H and O–H groups in total. The van der Waals surface area contributed by atoms with Gasteiger partial charge in [-0.15, -0.1) is 0 Å². The van der Waals surface area contributed by atoms with Crippen molar-refractivity contribution in [2.24, 2.45) is 17.6 Å². The predicted molar refractivity (Wildman–Crippen MR) is 87.9 cm³/mol. The van der Waals surface area contributed by atoms with Gasteiger partial charge in [0.1, 0.15) is 0 Å². The van der Waals surface area contributed by atoms with E-state index in [4.69, 9.17) is 5.73 Å². The third-order valence-corrected chi connectivity index (χ3v) is 5.10. The second kappa shape index (κ2) is 7.83. The molecule has 1 aromatic rings. The minimum atomic E-state index is 0.352. The van der Waals surface area contributed by atoms with Crippen molar-refractivity contribution in [3.05, 3.63) is 35.4 Å². The van der Waals surface area contributed by atoms with Crippen LogP contribution in [0, 0.1) is 11.8 Å².